The van der Waals surface area contributed by atoms with Gasteiger partial charge in [-0.3, -0.25) is 19.9 Å². The summed E-state index contributed by atoms with van der Waals surface area (Å²) >= 11 is 0. The van der Waals surface area contributed by atoms with Gasteiger partial charge in [0.1, 0.15) is 12.0 Å². The predicted molar refractivity (Wildman–Crippen MR) is 139 cm³/mol. The van der Waals surface area contributed by atoms with Gasteiger partial charge in [0.25, 0.3) is 0 Å². The number of benzene rings is 2. The molecule has 0 saturated carbocycles. The molecule has 2 aliphatic heterocycles. The van der Waals surface area contributed by atoms with E-state index in [1.165, 1.54) is 24.6 Å². The van der Waals surface area contributed by atoms with E-state index in [1.54, 1.807) is 11.0 Å². The standard InChI is InChI=1S/C28H34FN5O2/c1-20(35)30-24-12-10-21(11-13-24)19-33-16-14-28(15-17-33)26(31-23-7-3-2-4-8-23)32-27(36)34(28)25-9-5-6-22(29)18-25/h2-3,5-6,9-13,18,23,26,31H,4,7-8,14-17,19H2,1H3,(H,30,35)(H,32,36)/t23-,26-/m0/s1. The van der Waals surface area contributed by atoms with E-state index in [0.717, 1.165) is 57.4 Å². The Morgan fingerprint density at radius 1 is 1.14 bits per heavy atom. The molecule has 0 radical (unpaired) electrons. The molecular weight excluding hydrogens is 457 g/mol. The molecule has 2 atom stereocenters. The molecule has 5 rings (SSSR count). The molecule has 0 bridgehead atoms. The number of carbonyl (C=O) groups is 2. The number of amides is 3. The zero-order chi connectivity index (χ0) is 25.1. The third kappa shape index (κ3) is 5.15. The van der Waals surface area contributed by atoms with Gasteiger partial charge in [-0.25, -0.2) is 9.18 Å². The fraction of sp³-hybridized carbons (Fsp3) is 0.429. The number of likely N-dealkylation sites (tertiary alicyclic amines) is 1. The molecule has 2 aromatic carbocycles. The average Bonchev–Trinajstić information content (AvgIpc) is 3.12. The molecule has 0 aromatic heterocycles. The van der Waals surface area contributed by atoms with E-state index in [2.05, 4.69) is 33.0 Å². The summed E-state index contributed by atoms with van der Waals surface area (Å²) in [5, 5.41) is 9.73. The smallest absolute Gasteiger partial charge is 0.323 e. The Morgan fingerprint density at radius 2 is 1.92 bits per heavy atom. The monoisotopic (exact) mass is 491 g/mol. The van der Waals surface area contributed by atoms with Crippen LogP contribution >= 0.6 is 0 Å². The van der Waals surface area contributed by atoms with E-state index < -0.39 is 5.54 Å². The summed E-state index contributed by atoms with van der Waals surface area (Å²) in [6.07, 6.45) is 8.77. The van der Waals surface area contributed by atoms with Crippen LogP contribution in [0.15, 0.2) is 60.7 Å². The van der Waals surface area contributed by atoms with Gasteiger partial charge in [0.05, 0.1) is 5.54 Å². The molecule has 3 amide bonds. The minimum atomic E-state index is -0.474. The van der Waals surface area contributed by atoms with Crippen LogP contribution in [0.3, 0.4) is 0 Å². The number of rotatable bonds is 6. The average molecular weight is 492 g/mol. The van der Waals surface area contributed by atoms with Crippen LogP contribution in [0.5, 0.6) is 0 Å². The Kier molecular flexibility index (Phi) is 7.07. The normalized spacial score (nSPS) is 23.6. The Balaban J connectivity index is 1.33. The van der Waals surface area contributed by atoms with E-state index >= 15 is 0 Å². The summed E-state index contributed by atoms with van der Waals surface area (Å²) in [4.78, 5) is 28.8. The van der Waals surface area contributed by atoms with Gasteiger partial charge in [0, 0.05) is 44.0 Å². The Morgan fingerprint density at radius 3 is 2.58 bits per heavy atom. The molecule has 3 aliphatic rings. The number of piperidine rings is 1. The second-order valence-corrected chi connectivity index (χ2v) is 10.1. The molecule has 36 heavy (non-hydrogen) atoms. The first-order valence-corrected chi connectivity index (χ1v) is 12.8. The summed E-state index contributed by atoms with van der Waals surface area (Å²) in [6.45, 7) is 3.93. The summed E-state index contributed by atoms with van der Waals surface area (Å²) in [7, 11) is 0. The zero-order valence-corrected chi connectivity index (χ0v) is 20.7. The van der Waals surface area contributed by atoms with Gasteiger partial charge in [0.2, 0.25) is 5.91 Å². The molecule has 1 aliphatic carbocycles. The van der Waals surface area contributed by atoms with Gasteiger partial charge in [-0.1, -0.05) is 30.4 Å². The molecule has 2 heterocycles. The second-order valence-electron chi connectivity index (χ2n) is 10.1. The van der Waals surface area contributed by atoms with Crippen molar-refractivity contribution in [2.45, 2.75) is 63.3 Å². The number of anilines is 2. The van der Waals surface area contributed by atoms with Gasteiger partial charge in [0.15, 0.2) is 0 Å². The van der Waals surface area contributed by atoms with Gasteiger partial charge < -0.3 is 10.6 Å². The second kappa shape index (κ2) is 10.4. The SMILES string of the molecule is CC(=O)Nc1ccc(CN2CCC3(CC2)[C@@H](N[C@H]2CC=CCC2)NC(=O)N3c2cccc(F)c2)cc1. The van der Waals surface area contributed by atoms with Gasteiger partial charge in [-0.05, 0) is 68.0 Å². The molecule has 0 unspecified atom stereocenters. The summed E-state index contributed by atoms with van der Waals surface area (Å²) < 4.78 is 14.2. The summed E-state index contributed by atoms with van der Waals surface area (Å²) in [5.74, 6) is -0.427. The highest BCUT2D eigenvalue weighted by Crippen LogP contribution is 2.40. The number of urea groups is 1. The molecule has 2 aromatic rings. The Hall–Kier alpha value is -3.23. The predicted octanol–water partition coefficient (Wildman–Crippen LogP) is 4.37. The van der Waals surface area contributed by atoms with Crippen molar-refractivity contribution in [3.63, 3.8) is 0 Å². The minimum absolute atomic E-state index is 0.0842. The summed E-state index contributed by atoms with van der Waals surface area (Å²) in [5.41, 5.74) is 2.09. The van der Waals surface area contributed by atoms with Crippen LogP contribution in [-0.4, -0.2) is 47.7 Å². The van der Waals surface area contributed by atoms with Crippen molar-refractivity contribution < 1.29 is 14.0 Å². The first-order chi connectivity index (χ1) is 17.4. The molecule has 7 nitrogen and oxygen atoms in total. The maximum Gasteiger partial charge on any atom is 0.323 e. The Labute approximate surface area is 211 Å². The maximum absolute atomic E-state index is 14.2. The fourth-order valence-electron chi connectivity index (χ4n) is 5.79. The maximum atomic E-state index is 14.2. The lowest BCUT2D eigenvalue weighted by Crippen LogP contribution is -2.63. The highest BCUT2D eigenvalue weighted by atomic mass is 19.1. The zero-order valence-electron chi connectivity index (χ0n) is 20.7. The van der Waals surface area contributed by atoms with E-state index in [4.69, 9.17) is 0 Å². The molecule has 8 heteroatoms. The van der Waals surface area contributed by atoms with Crippen LogP contribution < -0.4 is 20.9 Å². The quantitative estimate of drug-likeness (QED) is 0.525. The van der Waals surface area contributed by atoms with Crippen molar-refractivity contribution in [2.24, 2.45) is 0 Å². The van der Waals surface area contributed by atoms with Crippen molar-refractivity contribution in [2.75, 3.05) is 23.3 Å². The van der Waals surface area contributed by atoms with Crippen LogP contribution in [0.25, 0.3) is 0 Å². The van der Waals surface area contributed by atoms with E-state index in [-0.39, 0.29) is 23.9 Å². The number of hydrogen-bond acceptors (Lipinski definition) is 4. The number of nitrogens with one attached hydrogen (secondary N) is 3. The lowest BCUT2D eigenvalue weighted by atomic mass is 9.82. The molecular formula is C28H34FN5O2. The number of nitrogens with zero attached hydrogens (tertiary/aromatic N) is 2. The summed E-state index contributed by atoms with van der Waals surface area (Å²) in [6, 6.07) is 14.4. The molecule has 190 valence electrons. The van der Waals surface area contributed by atoms with Gasteiger partial charge in [-0.2, -0.15) is 0 Å². The highest BCUT2D eigenvalue weighted by molar-refractivity contribution is 5.97. The van der Waals surface area contributed by atoms with Crippen LogP contribution in [-0.2, 0) is 11.3 Å². The molecule has 2 fully saturated rings. The first-order valence-electron chi connectivity index (χ1n) is 12.8. The minimum Gasteiger partial charge on any atom is -0.326 e. The first kappa shape index (κ1) is 24.5. The van der Waals surface area contributed by atoms with Crippen LogP contribution in [0.1, 0.15) is 44.6 Å². The third-order valence-corrected chi connectivity index (χ3v) is 7.59. The molecule has 1 spiro atoms. The van der Waals surface area contributed by atoms with Crippen molar-refractivity contribution >= 4 is 23.3 Å². The van der Waals surface area contributed by atoms with Gasteiger partial charge >= 0.3 is 6.03 Å². The third-order valence-electron chi connectivity index (χ3n) is 7.59. The number of carbonyl (C=O) groups excluding carboxylic acids is 2. The van der Waals surface area contributed by atoms with Crippen molar-refractivity contribution in [3.05, 3.63) is 72.1 Å². The van der Waals surface area contributed by atoms with Gasteiger partial charge in [-0.15, -0.1) is 0 Å². The number of allylic oxidation sites excluding steroid dienone is 1. The lowest BCUT2D eigenvalue weighted by Gasteiger charge is -2.47. The highest BCUT2D eigenvalue weighted by Gasteiger charge is 2.55. The largest absolute Gasteiger partial charge is 0.326 e. The van der Waals surface area contributed by atoms with E-state index in [9.17, 15) is 14.0 Å². The fourth-order valence-corrected chi connectivity index (χ4v) is 5.79. The van der Waals surface area contributed by atoms with Crippen LogP contribution in [0, 0.1) is 5.82 Å². The van der Waals surface area contributed by atoms with E-state index in [1.807, 2.05) is 30.3 Å². The molecule has 3 N–H and O–H groups in total. The Bertz CT molecular complexity index is 1130. The van der Waals surface area contributed by atoms with Crippen LogP contribution in [0.4, 0.5) is 20.6 Å². The van der Waals surface area contributed by atoms with Crippen molar-refractivity contribution in [3.8, 4) is 0 Å². The van der Waals surface area contributed by atoms with Crippen molar-refractivity contribution in [1.29, 1.82) is 0 Å². The number of halogens is 1. The molecule has 2 saturated heterocycles. The topological polar surface area (TPSA) is 76.7 Å². The van der Waals surface area contributed by atoms with Crippen molar-refractivity contribution in [1.82, 2.24) is 15.5 Å². The number of hydrogen-bond donors (Lipinski definition) is 3. The van der Waals surface area contributed by atoms with Crippen LogP contribution in [0.2, 0.25) is 0 Å². The lowest BCUT2D eigenvalue weighted by molar-refractivity contribution is -0.114. The van der Waals surface area contributed by atoms with E-state index in [0.29, 0.717) is 11.7 Å².